The number of anilines is 2. The van der Waals surface area contributed by atoms with Crippen LogP contribution >= 0.6 is 0 Å². The van der Waals surface area contributed by atoms with Crippen molar-refractivity contribution in [2.45, 2.75) is 0 Å². The Balaban J connectivity index is 1.75. The summed E-state index contributed by atoms with van der Waals surface area (Å²) in [6, 6.07) is 12.7. The Kier molecular flexibility index (Phi) is 4.55. The van der Waals surface area contributed by atoms with Crippen LogP contribution in [0.2, 0.25) is 0 Å². The van der Waals surface area contributed by atoms with Gasteiger partial charge in [0.15, 0.2) is 0 Å². The Morgan fingerprint density at radius 3 is 2.00 bits per heavy atom. The molecule has 0 radical (unpaired) electrons. The first-order valence-electron chi connectivity index (χ1n) is 7.69. The van der Waals surface area contributed by atoms with Gasteiger partial charge in [-0.1, -0.05) is 12.1 Å². The predicted molar refractivity (Wildman–Crippen MR) is 90.4 cm³/mol. The van der Waals surface area contributed by atoms with Gasteiger partial charge in [0.2, 0.25) is 0 Å². The normalized spacial score (nSPS) is 14.7. The quantitative estimate of drug-likeness (QED) is 0.865. The first-order valence-corrected chi connectivity index (χ1v) is 7.69. The van der Waals surface area contributed by atoms with E-state index in [1.54, 1.807) is 20.3 Å². The molecule has 1 heterocycles. The maximum atomic E-state index is 13.6. The molecule has 1 saturated heterocycles. The molecular formula is C18H21FN2O2. The number of nitrogens with zero attached hydrogens (tertiary/aromatic N) is 2. The van der Waals surface area contributed by atoms with Gasteiger partial charge in [0, 0.05) is 32.2 Å². The highest BCUT2D eigenvalue weighted by Crippen LogP contribution is 2.32. The highest BCUT2D eigenvalue weighted by molar-refractivity contribution is 5.62. The average Bonchev–Trinajstić information content (AvgIpc) is 2.62. The van der Waals surface area contributed by atoms with Crippen LogP contribution in [0.5, 0.6) is 11.5 Å². The van der Waals surface area contributed by atoms with Crippen LogP contribution < -0.4 is 19.3 Å². The lowest BCUT2D eigenvalue weighted by Gasteiger charge is -2.38. The Morgan fingerprint density at radius 1 is 0.783 bits per heavy atom. The van der Waals surface area contributed by atoms with Crippen LogP contribution in [0, 0.1) is 5.82 Å². The monoisotopic (exact) mass is 316 g/mol. The van der Waals surface area contributed by atoms with E-state index in [1.807, 2.05) is 18.2 Å². The summed E-state index contributed by atoms with van der Waals surface area (Å²) >= 11 is 0. The molecule has 0 aliphatic carbocycles. The van der Waals surface area contributed by atoms with Crippen molar-refractivity contribution in [2.75, 3.05) is 50.2 Å². The molecule has 0 bridgehead atoms. The van der Waals surface area contributed by atoms with Gasteiger partial charge in [-0.3, -0.25) is 0 Å². The molecule has 0 spiro atoms. The van der Waals surface area contributed by atoms with Crippen molar-refractivity contribution < 1.29 is 13.9 Å². The number of methoxy groups -OCH3 is 2. The lowest BCUT2D eigenvalue weighted by molar-refractivity contribution is 0.410. The first kappa shape index (κ1) is 15.5. The predicted octanol–water partition coefficient (Wildman–Crippen LogP) is 3.17. The minimum Gasteiger partial charge on any atom is -0.495 e. The summed E-state index contributed by atoms with van der Waals surface area (Å²) in [6.07, 6.45) is 0. The van der Waals surface area contributed by atoms with Gasteiger partial charge in [0.25, 0.3) is 0 Å². The summed E-state index contributed by atoms with van der Waals surface area (Å²) in [4.78, 5) is 4.45. The molecule has 5 heteroatoms. The molecule has 1 aliphatic rings. The number of ether oxygens (including phenoxy) is 2. The maximum Gasteiger partial charge on any atom is 0.142 e. The molecule has 0 unspecified atom stereocenters. The highest BCUT2D eigenvalue weighted by Gasteiger charge is 2.22. The van der Waals surface area contributed by atoms with Crippen molar-refractivity contribution in [1.29, 1.82) is 0 Å². The summed E-state index contributed by atoms with van der Waals surface area (Å²) in [7, 11) is 3.30. The molecule has 2 aromatic rings. The number of hydrogen-bond donors (Lipinski definition) is 0. The third-order valence-corrected chi connectivity index (χ3v) is 4.19. The zero-order chi connectivity index (χ0) is 16.2. The fraction of sp³-hybridized carbons (Fsp3) is 0.333. The molecule has 1 fully saturated rings. The van der Waals surface area contributed by atoms with Crippen LogP contribution in [-0.4, -0.2) is 40.4 Å². The molecule has 1 aliphatic heterocycles. The molecular weight excluding hydrogens is 295 g/mol. The lowest BCUT2D eigenvalue weighted by atomic mass is 10.2. The van der Waals surface area contributed by atoms with E-state index >= 15 is 0 Å². The van der Waals surface area contributed by atoms with Crippen LogP contribution in [0.1, 0.15) is 0 Å². The fourth-order valence-corrected chi connectivity index (χ4v) is 2.99. The van der Waals surface area contributed by atoms with Gasteiger partial charge in [-0.15, -0.1) is 0 Å². The van der Waals surface area contributed by atoms with Crippen molar-refractivity contribution in [3.05, 3.63) is 48.3 Å². The molecule has 0 N–H and O–H groups in total. The minimum absolute atomic E-state index is 0.243. The fourth-order valence-electron chi connectivity index (χ4n) is 2.99. The van der Waals surface area contributed by atoms with Crippen LogP contribution in [-0.2, 0) is 0 Å². The average molecular weight is 316 g/mol. The minimum atomic E-state index is -0.243. The van der Waals surface area contributed by atoms with E-state index < -0.39 is 0 Å². The van der Waals surface area contributed by atoms with Crippen molar-refractivity contribution >= 4 is 11.4 Å². The van der Waals surface area contributed by atoms with Crippen molar-refractivity contribution in [3.63, 3.8) is 0 Å². The topological polar surface area (TPSA) is 24.9 Å². The molecule has 0 atom stereocenters. The molecule has 4 nitrogen and oxygen atoms in total. The number of halogens is 1. The molecule has 3 rings (SSSR count). The molecule has 122 valence electrons. The molecule has 23 heavy (non-hydrogen) atoms. The number of hydrogen-bond acceptors (Lipinski definition) is 4. The van der Waals surface area contributed by atoms with Crippen molar-refractivity contribution in [2.24, 2.45) is 0 Å². The van der Waals surface area contributed by atoms with E-state index in [4.69, 9.17) is 9.47 Å². The summed E-state index contributed by atoms with van der Waals surface area (Å²) in [5, 5.41) is 0. The SMILES string of the molecule is COc1ccccc1N1CCN(c2cc(F)ccc2OC)CC1. The van der Waals surface area contributed by atoms with Gasteiger partial charge >= 0.3 is 0 Å². The molecule has 0 aromatic heterocycles. The van der Waals surface area contributed by atoms with E-state index in [2.05, 4.69) is 15.9 Å². The first-order chi connectivity index (χ1) is 11.2. The van der Waals surface area contributed by atoms with E-state index in [0.717, 1.165) is 43.3 Å². The number of rotatable bonds is 4. The zero-order valence-corrected chi connectivity index (χ0v) is 13.5. The summed E-state index contributed by atoms with van der Waals surface area (Å²) in [6.45, 7) is 3.30. The third-order valence-electron chi connectivity index (χ3n) is 4.19. The van der Waals surface area contributed by atoms with Gasteiger partial charge in [-0.2, -0.15) is 0 Å². The lowest BCUT2D eigenvalue weighted by Crippen LogP contribution is -2.46. The van der Waals surface area contributed by atoms with Crippen molar-refractivity contribution in [3.8, 4) is 11.5 Å². The maximum absolute atomic E-state index is 13.6. The summed E-state index contributed by atoms with van der Waals surface area (Å²) < 4.78 is 24.4. The van der Waals surface area contributed by atoms with Crippen LogP contribution in [0.15, 0.2) is 42.5 Å². The zero-order valence-electron chi connectivity index (χ0n) is 13.5. The number of benzene rings is 2. The molecule has 0 saturated carbocycles. The van der Waals surface area contributed by atoms with Crippen LogP contribution in [0.3, 0.4) is 0 Å². The largest absolute Gasteiger partial charge is 0.495 e. The highest BCUT2D eigenvalue weighted by atomic mass is 19.1. The van der Waals surface area contributed by atoms with E-state index in [0.29, 0.717) is 5.75 Å². The van der Waals surface area contributed by atoms with Gasteiger partial charge in [-0.05, 0) is 24.3 Å². The second-order valence-electron chi connectivity index (χ2n) is 5.46. The molecule has 0 amide bonds. The standard InChI is InChI=1S/C18H21FN2O2/c1-22-17-6-4-3-5-15(17)20-9-11-21(12-10-20)16-13-14(19)7-8-18(16)23-2/h3-8,13H,9-12H2,1-2H3. The second-order valence-corrected chi connectivity index (χ2v) is 5.46. The van der Waals surface area contributed by atoms with E-state index in [9.17, 15) is 4.39 Å². The van der Waals surface area contributed by atoms with E-state index in [1.165, 1.54) is 12.1 Å². The van der Waals surface area contributed by atoms with Gasteiger partial charge in [-0.25, -0.2) is 4.39 Å². The van der Waals surface area contributed by atoms with E-state index in [-0.39, 0.29) is 5.82 Å². The van der Waals surface area contributed by atoms with Gasteiger partial charge in [0.05, 0.1) is 25.6 Å². The Bertz CT molecular complexity index is 670. The Morgan fingerprint density at radius 2 is 1.35 bits per heavy atom. The smallest absolute Gasteiger partial charge is 0.142 e. The number of para-hydroxylation sites is 2. The third kappa shape index (κ3) is 3.18. The number of piperazine rings is 1. The Hall–Kier alpha value is -2.43. The van der Waals surface area contributed by atoms with Gasteiger partial charge in [0.1, 0.15) is 17.3 Å². The summed E-state index contributed by atoms with van der Waals surface area (Å²) in [5.74, 6) is 1.34. The van der Waals surface area contributed by atoms with Crippen LogP contribution in [0.25, 0.3) is 0 Å². The van der Waals surface area contributed by atoms with Crippen molar-refractivity contribution in [1.82, 2.24) is 0 Å². The van der Waals surface area contributed by atoms with Crippen LogP contribution in [0.4, 0.5) is 15.8 Å². The summed E-state index contributed by atoms with van der Waals surface area (Å²) in [5.41, 5.74) is 1.91. The van der Waals surface area contributed by atoms with Gasteiger partial charge < -0.3 is 19.3 Å². The Labute approximate surface area is 136 Å². The second kappa shape index (κ2) is 6.77. The molecule has 2 aromatic carbocycles.